The molecule has 592 valence electrons. The summed E-state index contributed by atoms with van der Waals surface area (Å²) < 4.78 is 54.4. The highest BCUT2D eigenvalue weighted by molar-refractivity contribution is 7.90. The van der Waals surface area contributed by atoms with Gasteiger partial charge in [-0.1, -0.05) is 186 Å². The highest BCUT2D eigenvalue weighted by Gasteiger charge is 2.26. The third-order valence-electron chi connectivity index (χ3n) is 20.1. The smallest absolute Gasteiger partial charge is 0.303 e. The molecule has 0 spiro atoms. The van der Waals surface area contributed by atoms with Crippen LogP contribution in [0, 0.1) is 31.6 Å². The first kappa shape index (κ1) is 86.9. The van der Waals surface area contributed by atoms with Gasteiger partial charge in [-0.2, -0.15) is 40.3 Å². The Kier molecular flexibility index (Phi) is 32.5. The van der Waals surface area contributed by atoms with Gasteiger partial charge in [0.1, 0.15) is 0 Å². The number of nitrogens with two attached hydrogens (primary N) is 1. The van der Waals surface area contributed by atoms with E-state index in [1.165, 1.54) is 16.7 Å². The van der Waals surface area contributed by atoms with Gasteiger partial charge in [0.05, 0.1) is 51.4 Å². The van der Waals surface area contributed by atoms with Gasteiger partial charge in [-0.15, -0.1) is 0 Å². The average Bonchev–Trinajstić information content (AvgIpc) is 1.66. The molecule has 11 aromatic rings. The van der Waals surface area contributed by atoms with Crippen LogP contribution in [0.25, 0.3) is 32.7 Å². The number of aromatic amines is 1. The molecule has 3 heterocycles. The van der Waals surface area contributed by atoms with Crippen LogP contribution in [0.4, 0.5) is 0 Å². The zero-order chi connectivity index (χ0) is 80.5. The second-order valence-corrected chi connectivity index (χ2v) is 34.8. The molecule has 0 fully saturated rings. The summed E-state index contributed by atoms with van der Waals surface area (Å²) >= 11 is 0. The SMILES string of the molecule is CC(C)C[C@@H](CC(=O)NC[C@H](Cc1ccc2[nH]ncc2c1)N(C)C)c1ccccc1.CC(C)C[C@@H](CC(=O)O)c1ccccc1.Cc1ccc(S(=O)(=O)n2ncc3cc(C[C@@H](CN)N(C)C)ccc32)cc1.Cc1ccc(S(=O)(=O)n2ncc3cc(C[C@@H](CNC(=O)C[C@H](CC(C)C)c4ccccc4)N(C)C)ccc32)cc1. The number of nitrogens with zero attached hydrogens (tertiary/aromatic N) is 8. The normalized spacial score (nSPS) is 13.5. The summed E-state index contributed by atoms with van der Waals surface area (Å²) in [5.41, 5.74) is 17.0. The van der Waals surface area contributed by atoms with Crippen LogP contribution in [0.3, 0.4) is 0 Å². The topological polar surface area (TPSA) is 264 Å². The number of aliphatic carboxylic acids is 1. The van der Waals surface area contributed by atoms with Gasteiger partial charge in [0, 0.05) is 66.8 Å². The molecule has 11 rings (SSSR count). The minimum atomic E-state index is -3.79. The number of likely N-dealkylation sites (N-methyl/N-ethyl adjacent to an activating group) is 3. The third kappa shape index (κ3) is 25.9. The Balaban J connectivity index is 0.000000195. The van der Waals surface area contributed by atoms with Crippen LogP contribution in [0.5, 0.6) is 0 Å². The van der Waals surface area contributed by atoms with Crippen LogP contribution in [-0.4, -0.2) is 163 Å². The van der Waals surface area contributed by atoms with Crippen molar-refractivity contribution in [3.05, 3.63) is 257 Å². The second kappa shape index (κ2) is 41.6. The monoisotopic (exact) mass is 1540 g/mol. The summed E-state index contributed by atoms with van der Waals surface area (Å²) in [6.45, 7) is 18.6. The molecule has 0 unspecified atom stereocenters. The molecular weight excluding hydrogens is 1430 g/mol. The van der Waals surface area contributed by atoms with Crippen LogP contribution < -0.4 is 16.4 Å². The lowest BCUT2D eigenvalue weighted by atomic mass is 9.87. The van der Waals surface area contributed by atoms with E-state index in [0.717, 1.165) is 89.8 Å². The number of aromatic nitrogens is 6. The van der Waals surface area contributed by atoms with E-state index in [2.05, 4.69) is 156 Å². The number of carbonyl (C=O) groups is 3. The van der Waals surface area contributed by atoms with Gasteiger partial charge in [0.25, 0.3) is 20.0 Å². The number of hydrogen-bond acceptors (Lipinski definition) is 14. The van der Waals surface area contributed by atoms with E-state index < -0.39 is 26.0 Å². The third-order valence-corrected chi connectivity index (χ3v) is 23.3. The first-order valence-electron chi connectivity index (χ1n) is 38.5. The van der Waals surface area contributed by atoms with Crippen LogP contribution in [0.15, 0.2) is 223 Å². The Labute approximate surface area is 658 Å². The molecule has 6 atom stereocenters. The average molecular weight is 1550 g/mol. The van der Waals surface area contributed by atoms with Crippen molar-refractivity contribution < 1.29 is 36.3 Å². The van der Waals surface area contributed by atoms with Crippen LogP contribution in [0.2, 0.25) is 0 Å². The molecule has 0 aliphatic rings. The van der Waals surface area contributed by atoms with E-state index in [-0.39, 0.29) is 63.9 Å². The maximum atomic E-state index is 13.2. The quantitative estimate of drug-likeness (QED) is 0.0256. The number of aryl methyl sites for hydroxylation is 2. The van der Waals surface area contributed by atoms with Crippen molar-refractivity contribution in [1.82, 2.24) is 53.9 Å². The Bertz CT molecular complexity index is 4950. The van der Waals surface area contributed by atoms with Crippen molar-refractivity contribution in [3.8, 4) is 0 Å². The molecule has 0 aliphatic carbocycles. The Hall–Kier alpha value is -9.68. The number of H-pyrrole nitrogens is 1. The second-order valence-electron chi connectivity index (χ2n) is 31.2. The van der Waals surface area contributed by atoms with Gasteiger partial charge in [-0.05, 0) is 224 Å². The molecule has 0 saturated carbocycles. The fraction of sp³-hybridized carbons (Fsp3) is 0.393. The Morgan fingerprint density at radius 3 is 1.14 bits per heavy atom. The van der Waals surface area contributed by atoms with Gasteiger partial charge in [-0.3, -0.25) is 19.5 Å². The molecule has 22 heteroatoms. The van der Waals surface area contributed by atoms with Crippen LogP contribution in [-0.2, 0) is 53.7 Å². The summed E-state index contributed by atoms with van der Waals surface area (Å²) in [5, 5.41) is 33.3. The highest BCUT2D eigenvalue weighted by atomic mass is 32.2. The minimum Gasteiger partial charge on any atom is -0.481 e. The fourth-order valence-electron chi connectivity index (χ4n) is 13.8. The number of carboxylic acids is 1. The van der Waals surface area contributed by atoms with Gasteiger partial charge in [0.15, 0.2) is 0 Å². The summed E-state index contributed by atoms with van der Waals surface area (Å²) in [4.78, 5) is 43.4. The molecule has 0 aliphatic heterocycles. The van der Waals surface area contributed by atoms with Gasteiger partial charge in [-0.25, -0.2) is 0 Å². The predicted molar refractivity (Wildman–Crippen MR) is 449 cm³/mol. The number of rotatable bonds is 33. The van der Waals surface area contributed by atoms with Crippen molar-refractivity contribution >= 4 is 70.5 Å². The number of benzene rings is 8. The molecule has 0 saturated heterocycles. The zero-order valence-electron chi connectivity index (χ0n) is 67.2. The minimum absolute atomic E-state index is 0.0550. The molecule has 8 aromatic carbocycles. The number of nitrogens with one attached hydrogen (secondary N) is 3. The zero-order valence-corrected chi connectivity index (χ0v) is 68.8. The highest BCUT2D eigenvalue weighted by Crippen LogP contribution is 2.31. The molecular formula is C89H116N12O8S2. The van der Waals surface area contributed by atoms with E-state index in [1.54, 1.807) is 60.9 Å². The Morgan fingerprint density at radius 1 is 0.450 bits per heavy atom. The van der Waals surface area contributed by atoms with E-state index in [1.807, 2.05) is 139 Å². The lowest BCUT2D eigenvalue weighted by Gasteiger charge is -2.26. The van der Waals surface area contributed by atoms with Crippen molar-refractivity contribution in [2.45, 2.75) is 159 Å². The first-order valence-corrected chi connectivity index (χ1v) is 41.4. The van der Waals surface area contributed by atoms with Gasteiger partial charge in [0.2, 0.25) is 11.8 Å². The van der Waals surface area contributed by atoms with Crippen molar-refractivity contribution in [2.75, 3.05) is 61.9 Å². The predicted octanol–water partition coefficient (Wildman–Crippen LogP) is 15.1. The lowest BCUT2D eigenvalue weighted by Crippen LogP contribution is -2.41. The van der Waals surface area contributed by atoms with Crippen molar-refractivity contribution in [1.29, 1.82) is 0 Å². The van der Waals surface area contributed by atoms with Crippen molar-refractivity contribution in [2.24, 2.45) is 23.5 Å². The maximum absolute atomic E-state index is 13.2. The molecule has 2 amide bonds. The lowest BCUT2D eigenvalue weighted by molar-refractivity contribution is -0.137. The van der Waals surface area contributed by atoms with E-state index in [0.29, 0.717) is 67.7 Å². The van der Waals surface area contributed by atoms with Gasteiger partial charge < -0.3 is 36.2 Å². The van der Waals surface area contributed by atoms with E-state index in [4.69, 9.17) is 10.8 Å². The number of hydrogen-bond donors (Lipinski definition) is 5. The first-order chi connectivity index (χ1) is 52.9. The van der Waals surface area contributed by atoms with E-state index in [9.17, 15) is 31.2 Å². The maximum Gasteiger partial charge on any atom is 0.303 e. The number of carboxylic acid groups (broad SMARTS) is 1. The molecule has 0 bridgehead atoms. The number of carbonyl (C=O) groups excluding carboxylic acids is 2. The molecule has 6 N–H and O–H groups in total. The summed E-state index contributed by atoms with van der Waals surface area (Å²) in [5.74, 6) is 1.62. The van der Waals surface area contributed by atoms with Crippen molar-refractivity contribution in [3.63, 3.8) is 0 Å². The number of fused-ring (bicyclic) bond motifs is 3. The molecule has 111 heavy (non-hydrogen) atoms. The molecule has 20 nitrogen and oxygen atoms in total. The summed E-state index contributed by atoms with van der Waals surface area (Å²) in [6.07, 6.45) is 11.5. The summed E-state index contributed by atoms with van der Waals surface area (Å²) in [6, 6.07) is 62.5. The number of amides is 2. The van der Waals surface area contributed by atoms with Crippen LogP contribution >= 0.6 is 0 Å². The standard InChI is InChI=1S/C32H40N4O3S.C25H34N4O.C19H24N4O2S.C13H18O2/c1-23(2)17-27(26-9-7-6-8-10-26)20-32(37)33-22-29(35(4)5)19-25-13-16-31-28(18-25)21-34-36(31)40(38,39)30-14-11-24(3)12-15-30;1-18(2)12-21(20-8-6-5-7-9-20)15-25(30)26-17-23(29(3)4)14-19-10-11-24-22(13-19)16-27-28-24;1-14-4-7-18(8-5-14)26(24,25)23-19-9-6-15(10-16(19)13-21-23)11-17(12-20)22(2)3;1-10(2)8-12(9-13(14)15)11-6-4-3-5-7-11/h6-16,18,21,23,27,29H,17,19-20,22H2,1-5H3,(H,33,37);5-11,13,16,18,21,23H,12,14-15,17H2,1-4H3,(H,26,30)(H,27,28);4-10,13,17H,11-12,20H2,1-3H3;3-7,10,12H,8-9H2,1-2H3,(H,14,15)/t27-,29-;21-,23-;17-;12-/m0000/s1. The summed E-state index contributed by atoms with van der Waals surface area (Å²) in [7, 11) is 4.64. The fourth-order valence-corrected chi connectivity index (χ4v) is 16.4. The van der Waals surface area contributed by atoms with Gasteiger partial charge >= 0.3 is 5.97 Å². The van der Waals surface area contributed by atoms with E-state index >= 15 is 0 Å². The molecule has 3 aromatic heterocycles. The molecule has 0 radical (unpaired) electrons. The van der Waals surface area contributed by atoms with Crippen LogP contribution in [0.1, 0.15) is 142 Å². The Morgan fingerprint density at radius 2 is 0.793 bits per heavy atom. The largest absolute Gasteiger partial charge is 0.481 e.